The largest absolute Gasteiger partial charge is 0.493 e. The zero-order valence-electron chi connectivity index (χ0n) is 13.6. The first-order valence-corrected chi connectivity index (χ1v) is 10.7. The molecule has 1 fully saturated rings. The topological polar surface area (TPSA) is 50.7 Å². The lowest BCUT2D eigenvalue weighted by atomic mass is 10.2. The van der Waals surface area contributed by atoms with Gasteiger partial charge in [-0.25, -0.2) is 4.99 Å². The van der Waals surface area contributed by atoms with Gasteiger partial charge in [0.25, 0.3) is 5.91 Å². The van der Waals surface area contributed by atoms with Crippen molar-refractivity contribution in [3.63, 3.8) is 0 Å². The highest BCUT2D eigenvalue weighted by Gasteiger charge is 2.24. The van der Waals surface area contributed by atoms with Crippen LogP contribution in [0.4, 0.5) is 5.69 Å². The van der Waals surface area contributed by atoms with Crippen molar-refractivity contribution in [1.29, 1.82) is 0 Å². The Morgan fingerprint density at radius 1 is 1.35 bits per heavy atom. The fourth-order valence-corrected chi connectivity index (χ4v) is 4.14. The number of hydrogen-bond acceptors (Lipinski definition) is 4. The van der Waals surface area contributed by atoms with Crippen molar-refractivity contribution in [3.8, 4) is 5.75 Å². The third-order valence-electron chi connectivity index (χ3n) is 3.34. The molecule has 1 aliphatic rings. The normalized spacial score (nSPS) is 17.0. The summed E-state index contributed by atoms with van der Waals surface area (Å²) >= 11 is 13.0. The number of halogens is 3. The van der Waals surface area contributed by atoms with Gasteiger partial charge in [-0.1, -0.05) is 17.7 Å². The molecular weight excluding hydrogens is 551 g/mol. The summed E-state index contributed by atoms with van der Waals surface area (Å²) < 4.78 is 7.34. The maximum Gasteiger partial charge on any atom is 0.264 e. The number of carbonyl (C=O) groups excluding carboxylic acids is 1. The SMILES string of the molecule is CCOc1ccc(/C=C2\SC(=Nc3ccc(Br)c(Cl)c3)NC2=O)cc1I. The van der Waals surface area contributed by atoms with Gasteiger partial charge in [0.05, 0.1) is 25.8 Å². The summed E-state index contributed by atoms with van der Waals surface area (Å²) in [7, 11) is 0. The summed E-state index contributed by atoms with van der Waals surface area (Å²) in [5.74, 6) is 0.675. The summed E-state index contributed by atoms with van der Waals surface area (Å²) in [4.78, 5) is 17.2. The molecular formula is C18H13BrClIN2O2S. The quantitative estimate of drug-likeness (QED) is 0.367. The van der Waals surface area contributed by atoms with Crippen LogP contribution in [0.2, 0.25) is 5.02 Å². The molecule has 26 heavy (non-hydrogen) atoms. The first-order chi connectivity index (χ1) is 12.5. The van der Waals surface area contributed by atoms with E-state index in [0.29, 0.717) is 27.4 Å². The van der Waals surface area contributed by atoms with Crippen molar-refractivity contribution in [3.05, 3.63) is 59.9 Å². The van der Waals surface area contributed by atoms with Gasteiger partial charge in [-0.15, -0.1) is 0 Å². The summed E-state index contributed by atoms with van der Waals surface area (Å²) in [5, 5.41) is 3.88. The van der Waals surface area contributed by atoms with E-state index >= 15 is 0 Å². The minimum absolute atomic E-state index is 0.166. The number of amidine groups is 1. The third kappa shape index (κ3) is 4.82. The highest BCUT2D eigenvalue weighted by molar-refractivity contribution is 14.1. The van der Waals surface area contributed by atoms with E-state index in [1.807, 2.05) is 43.3 Å². The molecule has 134 valence electrons. The molecule has 3 rings (SSSR count). The molecule has 2 aromatic rings. The van der Waals surface area contributed by atoms with E-state index in [0.717, 1.165) is 19.4 Å². The number of ether oxygens (including phenoxy) is 1. The molecule has 8 heteroatoms. The van der Waals surface area contributed by atoms with E-state index in [2.05, 4.69) is 48.8 Å². The molecule has 0 aromatic heterocycles. The van der Waals surface area contributed by atoms with Crippen LogP contribution in [-0.4, -0.2) is 17.7 Å². The number of nitrogens with one attached hydrogen (secondary N) is 1. The molecule has 0 spiro atoms. The first-order valence-electron chi connectivity index (χ1n) is 7.63. The van der Waals surface area contributed by atoms with Crippen LogP contribution in [0.1, 0.15) is 12.5 Å². The van der Waals surface area contributed by atoms with Crippen LogP contribution < -0.4 is 10.1 Å². The maximum atomic E-state index is 12.2. The monoisotopic (exact) mass is 562 g/mol. The average molecular weight is 564 g/mol. The predicted molar refractivity (Wildman–Crippen MR) is 120 cm³/mol. The zero-order valence-corrected chi connectivity index (χ0v) is 18.9. The smallest absolute Gasteiger partial charge is 0.264 e. The Labute approximate surface area is 182 Å². The second-order valence-electron chi connectivity index (χ2n) is 5.20. The third-order valence-corrected chi connectivity index (χ3v) is 6.32. The lowest BCUT2D eigenvalue weighted by Gasteiger charge is -2.06. The summed E-state index contributed by atoms with van der Waals surface area (Å²) in [6, 6.07) is 11.2. The molecule has 0 radical (unpaired) electrons. The van der Waals surface area contributed by atoms with E-state index in [-0.39, 0.29) is 5.91 Å². The molecule has 4 nitrogen and oxygen atoms in total. The molecule has 0 atom stereocenters. The molecule has 0 bridgehead atoms. The van der Waals surface area contributed by atoms with Crippen LogP contribution in [0.25, 0.3) is 6.08 Å². The molecule has 0 saturated carbocycles. The van der Waals surface area contributed by atoms with Gasteiger partial charge >= 0.3 is 0 Å². The van der Waals surface area contributed by atoms with Gasteiger partial charge in [0.15, 0.2) is 5.17 Å². The molecule has 1 N–H and O–H groups in total. The van der Waals surface area contributed by atoms with Gasteiger partial charge in [-0.3, -0.25) is 4.79 Å². The Hall–Kier alpha value is -1.03. The Kier molecular flexibility index (Phi) is 6.65. The lowest BCUT2D eigenvalue weighted by Crippen LogP contribution is -2.19. The summed E-state index contributed by atoms with van der Waals surface area (Å²) in [5.41, 5.74) is 1.61. The van der Waals surface area contributed by atoms with Crippen LogP contribution in [0.5, 0.6) is 5.75 Å². The second-order valence-corrected chi connectivity index (χ2v) is 8.66. The van der Waals surface area contributed by atoms with Crippen molar-refractivity contribution < 1.29 is 9.53 Å². The number of benzene rings is 2. The van der Waals surface area contributed by atoms with Crippen molar-refractivity contribution in [2.24, 2.45) is 4.99 Å². The minimum Gasteiger partial charge on any atom is -0.493 e. The summed E-state index contributed by atoms with van der Waals surface area (Å²) in [6.07, 6.45) is 1.84. The fourth-order valence-electron chi connectivity index (χ4n) is 2.18. The molecule has 1 saturated heterocycles. The van der Waals surface area contributed by atoms with E-state index in [4.69, 9.17) is 16.3 Å². The zero-order chi connectivity index (χ0) is 18.7. The van der Waals surface area contributed by atoms with Gasteiger partial charge in [0, 0.05) is 4.47 Å². The van der Waals surface area contributed by atoms with E-state index < -0.39 is 0 Å². The van der Waals surface area contributed by atoms with Crippen molar-refractivity contribution in [2.45, 2.75) is 6.92 Å². The molecule has 0 unspecified atom stereocenters. The van der Waals surface area contributed by atoms with Crippen molar-refractivity contribution >= 4 is 84.7 Å². The van der Waals surface area contributed by atoms with Gasteiger partial charge in [-0.2, -0.15) is 0 Å². The minimum atomic E-state index is -0.166. The lowest BCUT2D eigenvalue weighted by molar-refractivity contribution is -0.115. The Morgan fingerprint density at radius 3 is 2.85 bits per heavy atom. The van der Waals surface area contributed by atoms with Gasteiger partial charge in [-0.05, 0) is 99.2 Å². The maximum absolute atomic E-state index is 12.2. The van der Waals surface area contributed by atoms with E-state index in [1.54, 1.807) is 6.07 Å². The number of aliphatic imine (C=N–C) groups is 1. The van der Waals surface area contributed by atoms with Crippen molar-refractivity contribution in [1.82, 2.24) is 5.32 Å². The molecule has 1 aliphatic heterocycles. The van der Waals surface area contributed by atoms with Crippen LogP contribution in [-0.2, 0) is 4.79 Å². The van der Waals surface area contributed by atoms with Crippen LogP contribution in [0.15, 0.2) is 50.8 Å². The molecule has 2 aromatic carbocycles. The van der Waals surface area contributed by atoms with Crippen LogP contribution in [0.3, 0.4) is 0 Å². The predicted octanol–water partition coefficient (Wildman–Crippen LogP) is 6.00. The van der Waals surface area contributed by atoms with Gasteiger partial charge < -0.3 is 10.1 Å². The average Bonchev–Trinajstić information content (AvgIpc) is 2.93. The van der Waals surface area contributed by atoms with Gasteiger partial charge in [0.2, 0.25) is 0 Å². The summed E-state index contributed by atoms with van der Waals surface area (Å²) in [6.45, 7) is 2.57. The van der Waals surface area contributed by atoms with Crippen LogP contribution >= 0.6 is 61.9 Å². The number of carbonyl (C=O) groups is 1. The van der Waals surface area contributed by atoms with E-state index in [9.17, 15) is 4.79 Å². The van der Waals surface area contributed by atoms with Crippen LogP contribution in [0, 0.1) is 3.57 Å². The number of hydrogen-bond donors (Lipinski definition) is 1. The highest BCUT2D eigenvalue weighted by atomic mass is 127. The Balaban J connectivity index is 1.81. The second kappa shape index (κ2) is 8.77. The number of amides is 1. The molecule has 1 amide bonds. The van der Waals surface area contributed by atoms with Gasteiger partial charge in [0.1, 0.15) is 5.75 Å². The number of thioether (sulfide) groups is 1. The Morgan fingerprint density at radius 2 is 2.15 bits per heavy atom. The number of rotatable bonds is 4. The fraction of sp³-hybridized carbons (Fsp3) is 0.111. The number of nitrogens with zero attached hydrogens (tertiary/aromatic N) is 1. The van der Waals surface area contributed by atoms with Crippen molar-refractivity contribution in [2.75, 3.05) is 6.61 Å². The first kappa shape index (κ1) is 19.7. The highest BCUT2D eigenvalue weighted by Crippen LogP contribution is 2.31. The Bertz CT molecular complexity index is 933. The molecule has 0 aliphatic carbocycles. The standard InChI is InChI=1S/C18H13BrClIN2O2S/c1-2-25-15-6-3-10(7-14(15)21)8-16-17(24)23-18(26-16)22-11-4-5-12(19)13(20)9-11/h3-9H,2H2,1H3,(H,22,23,24)/b16-8-. The van der Waals surface area contributed by atoms with E-state index in [1.165, 1.54) is 11.8 Å². The molecule has 1 heterocycles.